The standard InChI is InChI=1S/C16H21BrN2O/c1-4-14-10-15(19(3)18-14)11-16(20,5-2)12-7-6-8-13(17)9-12/h6-10,20H,4-5,11H2,1-3H3. The van der Waals surface area contributed by atoms with E-state index in [0.717, 1.165) is 27.8 Å². The minimum atomic E-state index is -0.859. The van der Waals surface area contributed by atoms with Crippen molar-refractivity contribution in [2.75, 3.05) is 0 Å². The molecule has 0 aliphatic heterocycles. The molecule has 0 saturated heterocycles. The van der Waals surface area contributed by atoms with E-state index in [2.05, 4.69) is 34.0 Å². The van der Waals surface area contributed by atoms with Gasteiger partial charge in [-0.15, -0.1) is 0 Å². The highest BCUT2D eigenvalue weighted by Crippen LogP contribution is 2.31. The van der Waals surface area contributed by atoms with Crippen LogP contribution in [-0.2, 0) is 25.5 Å². The molecule has 1 atom stereocenters. The molecule has 0 spiro atoms. The van der Waals surface area contributed by atoms with Gasteiger partial charge in [-0.25, -0.2) is 0 Å². The number of nitrogens with zero attached hydrogens (tertiary/aromatic N) is 2. The fraction of sp³-hybridized carbons (Fsp3) is 0.438. The van der Waals surface area contributed by atoms with Crippen molar-refractivity contribution >= 4 is 15.9 Å². The van der Waals surface area contributed by atoms with Crippen LogP contribution in [0.5, 0.6) is 0 Å². The topological polar surface area (TPSA) is 38.0 Å². The molecule has 2 rings (SSSR count). The number of halogens is 1. The monoisotopic (exact) mass is 336 g/mol. The molecule has 0 radical (unpaired) electrons. The van der Waals surface area contributed by atoms with E-state index in [9.17, 15) is 5.11 Å². The zero-order valence-electron chi connectivity index (χ0n) is 12.2. The van der Waals surface area contributed by atoms with Crippen molar-refractivity contribution < 1.29 is 5.11 Å². The van der Waals surface area contributed by atoms with E-state index in [4.69, 9.17) is 0 Å². The number of benzene rings is 1. The largest absolute Gasteiger partial charge is 0.385 e. The van der Waals surface area contributed by atoms with Gasteiger partial charge in [0.2, 0.25) is 0 Å². The van der Waals surface area contributed by atoms with Crippen LogP contribution in [0.4, 0.5) is 0 Å². The molecule has 0 aliphatic carbocycles. The van der Waals surface area contributed by atoms with Crippen molar-refractivity contribution in [3.63, 3.8) is 0 Å². The third-order valence-electron chi connectivity index (χ3n) is 3.81. The lowest BCUT2D eigenvalue weighted by Gasteiger charge is -2.27. The van der Waals surface area contributed by atoms with Crippen molar-refractivity contribution in [1.29, 1.82) is 0 Å². The van der Waals surface area contributed by atoms with E-state index in [0.29, 0.717) is 12.8 Å². The lowest BCUT2D eigenvalue weighted by molar-refractivity contribution is 0.0308. The van der Waals surface area contributed by atoms with Crippen LogP contribution >= 0.6 is 15.9 Å². The molecule has 1 aromatic heterocycles. The Morgan fingerprint density at radius 3 is 2.60 bits per heavy atom. The quantitative estimate of drug-likeness (QED) is 0.906. The molecule has 2 aromatic rings. The number of hydrogen-bond donors (Lipinski definition) is 1. The van der Waals surface area contributed by atoms with Crippen molar-refractivity contribution in [2.45, 2.75) is 38.7 Å². The van der Waals surface area contributed by atoms with Gasteiger partial charge in [0.15, 0.2) is 0 Å². The summed E-state index contributed by atoms with van der Waals surface area (Å²) in [4.78, 5) is 0. The lowest BCUT2D eigenvalue weighted by atomic mass is 9.86. The molecular formula is C16H21BrN2O. The summed E-state index contributed by atoms with van der Waals surface area (Å²) in [5.41, 5.74) is 2.21. The van der Waals surface area contributed by atoms with Crippen molar-refractivity contribution in [3.05, 3.63) is 51.8 Å². The lowest BCUT2D eigenvalue weighted by Crippen LogP contribution is -2.28. The molecule has 3 nitrogen and oxygen atoms in total. The highest BCUT2D eigenvalue weighted by molar-refractivity contribution is 9.10. The summed E-state index contributed by atoms with van der Waals surface area (Å²) in [5.74, 6) is 0. The molecule has 0 aliphatic rings. The second-order valence-corrected chi connectivity index (χ2v) is 6.09. The fourth-order valence-corrected chi connectivity index (χ4v) is 2.82. The Kier molecular flexibility index (Phi) is 4.66. The molecule has 1 unspecified atom stereocenters. The zero-order valence-corrected chi connectivity index (χ0v) is 13.8. The fourth-order valence-electron chi connectivity index (χ4n) is 2.42. The van der Waals surface area contributed by atoms with Gasteiger partial charge < -0.3 is 5.11 Å². The van der Waals surface area contributed by atoms with Gasteiger partial charge in [-0.1, -0.05) is 41.9 Å². The van der Waals surface area contributed by atoms with Crippen LogP contribution in [0.3, 0.4) is 0 Å². The molecule has 4 heteroatoms. The predicted molar refractivity (Wildman–Crippen MR) is 84.6 cm³/mol. The number of aromatic nitrogens is 2. The first-order valence-electron chi connectivity index (χ1n) is 6.98. The summed E-state index contributed by atoms with van der Waals surface area (Å²) < 4.78 is 2.86. The van der Waals surface area contributed by atoms with Crippen LogP contribution in [0, 0.1) is 0 Å². The first-order chi connectivity index (χ1) is 9.48. The first kappa shape index (κ1) is 15.3. The SMILES string of the molecule is CCc1cc(CC(O)(CC)c2cccc(Br)c2)n(C)n1. The Morgan fingerprint density at radius 2 is 2.05 bits per heavy atom. The van der Waals surface area contributed by atoms with Crippen molar-refractivity contribution in [2.24, 2.45) is 7.05 Å². The van der Waals surface area contributed by atoms with Crippen LogP contribution in [0.25, 0.3) is 0 Å². The summed E-state index contributed by atoms with van der Waals surface area (Å²) in [7, 11) is 1.94. The molecule has 0 bridgehead atoms. The van der Waals surface area contributed by atoms with E-state index < -0.39 is 5.60 Å². The van der Waals surface area contributed by atoms with Gasteiger partial charge in [0.1, 0.15) is 0 Å². The van der Waals surface area contributed by atoms with Crippen LogP contribution in [0.1, 0.15) is 37.2 Å². The van der Waals surface area contributed by atoms with Gasteiger partial charge in [0.25, 0.3) is 0 Å². The minimum Gasteiger partial charge on any atom is -0.385 e. The molecule has 108 valence electrons. The van der Waals surface area contributed by atoms with E-state index >= 15 is 0 Å². The van der Waals surface area contributed by atoms with Gasteiger partial charge in [0, 0.05) is 23.6 Å². The predicted octanol–water partition coefficient (Wildman–Crippen LogP) is 3.59. The second kappa shape index (κ2) is 6.10. The summed E-state index contributed by atoms with van der Waals surface area (Å²) in [5, 5.41) is 15.5. The molecule has 0 saturated carbocycles. The Bertz CT molecular complexity index is 594. The van der Waals surface area contributed by atoms with Crippen molar-refractivity contribution in [1.82, 2.24) is 9.78 Å². The summed E-state index contributed by atoms with van der Waals surface area (Å²) in [6, 6.07) is 9.98. The van der Waals surface area contributed by atoms with Crippen LogP contribution in [0.2, 0.25) is 0 Å². The molecule has 1 heterocycles. The van der Waals surface area contributed by atoms with Crippen LogP contribution < -0.4 is 0 Å². The molecule has 1 N–H and O–H groups in total. The van der Waals surface area contributed by atoms with E-state index in [1.807, 2.05) is 42.9 Å². The third kappa shape index (κ3) is 3.13. The number of aliphatic hydroxyl groups is 1. The Labute approximate surface area is 128 Å². The van der Waals surface area contributed by atoms with Gasteiger partial charge >= 0.3 is 0 Å². The Morgan fingerprint density at radius 1 is 1.30 bits per heavy atom. The van der Waals surface area contributed by atoms with E-state index in [1.165, 1.54) is 0 Å². The minimum absolute atomic E-state index is 0.573. The maximum atomic E-state index is 11.0. The average Bonchev–Trinajstić information content (AvgIpc) is 2.79. The smallest absolute Gasteiger partial charge is 0.0949 e. The number of aryl methyl sites for hydroxylation is 2. The van der Waals surface area contributed by atoms with Crippen LogP contribution in [0.15, 0.2) is 34.8 Å². The maximum absolute atomic E-state index is 11.0. The molecule has 0 fully saturated rings. The molecular weight excluding hydrogens is 316 g/mol. The second-order valence-electron chi connectivity index (χ2n) is 5.18. The van der Waals surface area contributed by atoms with E-state index in [1.54, 1.807) is 0 Å². The highest BCUT2D eigenvalue weighted by Gasteiger charge is 2.29. The maximum Gasteiger partial charge on any atom is 0.0949 e. The number of hydrogen-bond acceptors (Lipinski definition) is 2. The first-order valence-corrected chi connectivity index (χ1v) is 7.78. The third-order valence-corrected chi connectivity index (χ3v) is 4.30. The summed E-state index contributed by atoms with van der Waals surface area (Å²) in [6.45, 7) is 4.10. The Hall–Kier alpha value is -1.13. The summed E-state index contributed by atoms with van der Waals surface area (Å²) in [6.07, 6.45) is 2.15. The van der Waals surface area contributed by atoms with Crippen LogP contribution in [-0.4, -0.2) is 14.9 Å². The zero-order chi connectivity index (χ0) is 14.8. The van der Waals surface area contributed by atoms with Gasteiger partial charge in [-0.05, 0) is 36.6 Å². The Balaban J connectivity index is 2.33. The van der Waals surface area contributed by atoms with E-state index in [-0.39, 0.29) is 0 Å². The molecule has 20 heavy (non-hydrogen) atoms. The number of rotatable bonds is 5. The molecule has 0 amide bonds. The summed E-state index contributed by atoms with van der Waals surface area (Å²) >= 11 is 3.47. The normalized spacial score (nSPS) is 14.2. The van der Waals surface area contributed by atoms with Gasteiger partial charge in [0.05, 0.1) is 11.3 Å². The molecule has 1 aromatic carbocycles. The average molecular weight is 337 g/mol. The van der Waals surface area contributed by atoms with Crippen molar-refractivity contribution in [3.8, 4) is 0 Å². The van der Waals surface area contributed by atoms with Gasteiger partial charge in [-0.2, -0.15) is 5.10 Å². The highest BCUT2D eigenvalue weighted by atomic mass is 79.9. The van der Waals surface area contributed by atoms with Gasteiger partial charge in [-0.3, -0.25) is 4.68 Å².